The van der Waals surface area contributed by atoms with E-state index in [9.17, 15) is 9.59 Å². The lowest BCUT2D eigenvalue weighted by Gasteiger charge is -2.29. The number of nitrogens with one attached hydrogen (secondary N) is 1. The molecule has 3 N–H and O–H groups in total. The zero-order valence-corrected chi connectivity index (χ0v) is 11.7. The van der Waals surface area contributed by atoms with Gasteiger partial charge in [0.2, 0.25) is 11.8 Å². The van der Waals surface area contributed by atoms with Gasteiger partial charge in [-0.2, -0.15) is 0 Å². The van der Waals surface area contributed by atoms with E-state index in [1.165, 1.54) is 4.90 Å². The van der Waals surface area contributed by atoms with E-state index in [1.54, 1.807) is 14.1 Å². The Bertz CT molecular complexity index is 312. The second-order valence-electron chi connectivity index (χ2n) is 4.12. The maximum Gasteiger partial charge on any atom is 0.241 e. The Morgan fingerprint density at radius 3 is 2.06 bits per heavy atom. The van der Waals surface area contributed by atoms with E-state index in [-0.39, 0.29) is 23.3 Å². The lowest BCUT2D eigenvalue weighted by atomic mass is 9.81. The second-order valence-corrected chi connectivity index (χ2v) is 4.56. The highest BCUT2D eigenvalue weighted by Crippen LogP contribution is 2.26. The first-order chi connectivity index (χ1) is 7.81. The van der Waals surface area contributed by atoms with Gasteiger partial charge in [-0.25, -0.2) is 0 Å². The van der Waals surface area contributed by atoms with Crippen molar-refractivity contribution < 1.29 is 9.59 Å². The molecular weight excluding hydrogens is 238 g/mol. The molecule has 5 nitrogen and oxygen atoms in total. The summed E-state index contributed by atoms with van der Waals surface area (Å²) >= 11 is 4.96. The lowest BCUT2D eigenvalue weighted by Crippen LogP contribution is -2.50. The average molecular weight is 259 g/mol. The topological polar surface area (TPSA) is 75.4 Å². The number of nitrogens with two attached hydrogens (primary N) is 1. The predicted octanol–water partition coefficient (Wildman–Crippen LogP) is 0.283. The monoisotopic (exact) mass is 259 g/mol. The molecule has 0 aromatic rings. The molecule has 0 aromatic carbocycles. The highest BCUT2D eigenvalue weighted by atomic mass is 32.1. The molecule has 0 heterocycles. The van der Waals surface area contributed by atoms with E-state index in [0.717, 1.165) is 0 Å². The number of thiocarbonyl (C=S) groups is 1. The van der Waals surface area contributed by atoms with Crippen LogP contribution in [0.1, 0.15) is 26.7 Å². The summed E-state index contributed by atoms with van der Waals surface area (Å²) in [4.78, 5) is 25.0. The van der Waals surface area contributed by atoms with E-state index in [4.69, 9.17) is 18.0 Å². The van der Waals surface area contributed by atoms with Crippen LogP contribution in [0.3, 0.4) is 0 Å². The minimum absolute atomic E-state index is 0.0316. The van der Waals surface area contributed by atoms with E-state index in [0.29, 0.717) is 12.8 Å². The number of carbonyl (C=O) groups excluding carboxylic acids is 2. The molecule has 0 bridgehead atoms. The van der Waals surface area contributed by atoms with Gasteiger partial charge in [-0.1, -0.05) is 26.1 Å². The van der Waals surface area contributed by atoms with Crippen molar-refractivity contribution in [1.29, 1.82) is 0 Å². The largest absolute Gasteiger partial charge is 0.392 e. The fraction of sp³-hybridized carbons (Fsp3) is 0.727. The van der Waals surface area contributed by atoms with Crippen molar-refractivity contribution in [2.24, 2.45) is 11.1 Å². The lowest BCUT2D eigenvalue weighted by molar-refractivity contribution is -0.133. The molecular formula is C11H21N3O2S. The van der Waals surface area contributed by atoms with Crippen LogP contribution in [-0.2, 0) is 9.59 Å². The van der Waals surface area contributed by atoms with E-state index >= 15 is 0 Å². The van der Waals surface area contributed by atoms with Crippen LogP contribution >= 0.6 is 12.2 Å². The van der Waals surface area contributed by atoms with Gasteiger partial charge in [0.05, 0.1) is 16.9 Å². The number of hydrogen-bond donors (Lipinski definition) is 2. The van der Waals surface area contributed by atoms with Crippen LogP contribution in [0.25, 0.3) is 0 Å². The van der Waals surface area contributed by atoms with Crippen LogP contribution in [0.4, 0.5) is 0 Å². The third-order valence-electron chi connectivity index (χ3n) is 3.01. The molecule has 0 atom stereocenters. The van der Waals surface area contributed by atoms with Gasteiger partial charge < -0.3 is 16.0 Å². The highest BCUT2D eigenvalue weighted by molar-refractivity contribution is 7.80. The molecule has 6 heteroatoms. The molecule has 0 saturated carbocycles. The maximum atomic E-state index is 12.0. The molecule has 0 aliphatic rings. The van der Waals surface area contributed by atoms with E-state index in [1.807, 2.05) is 13.8 Å². The molecule has 0 rings (SSSR count). The Morgan fingerprint density at radius 2 is 1.76 bits per heavy atom. The Morgan fingerprint density at radius 1 is 1.29 bits per heavy atom. The van der Waals surface area contributed by atoms with Crippen LogP contribution in [0.5, 0.6) is 0 Å². The summed E-state index contributed by atoms with van der Waals surface area (Å²) in [5.41, 5.74) is 4.79. The van der Waals surface area contributed by atoms with Gasteiger partial charge in [0.15, 0.2) is 0 Å². The fourth-order valence-electron chi connectivity index (χ4n) is 1.51. The number of nitrogens with zero attached hydrogens (tertiary/aromatic N) is 1. The summed E-state index contributed by atoms with van der Waals surface area (Å²) < 4.78 is 0. The minimum atomic E-state index is -0.845. The average Bonchev–Trinajstić information content (AvgIpc) is 2.27. The highest BCUT2D eigenvalue weighted by Gasteiger charge is 2.38. The van der Waals surface area contributed by atoms with Gasteiger partial charge >= 0.3 is 0 Å². The zero-order valence-electron chi connectivity index (χ0n) is 10.9. The molecule has 0 saturated heterocycles. The summed E-state index contributed by atoms with van der Waals surface area (Å²) in [5.74, 6) is -0.437. The molecule has 0 fully saturated rings. The third-order valence-corrected chi connectivity index (χ3v) is 3.40. The van der Waals surface area contributed by atoms with Crippen molar-refractivity contribution in [3.8, 4) is 0 Å². The van der Waals surface area contributed by atoms with Crippen molar-refractivity contribution in [3.63, 3.8) is 0 Å². The van der Waals surface area contributed by atoms with Gasteiger partial charge in [0.25, 0.3) is 0 Å². The molecule has 0 aliphatic heterocycles. The molecule has 0 spiro atoms. The number of amides is 2. The van der Waals surface area contributed by atoms with Crippen LogP contribution in [0, 0.1) is 5.41 Å². The van der Waals surface area contributed by atoms with Gasteiger partial charge in [0.1, 0.15) is 0 Å². The smallest absolute Gasteiger partial charge is 0.241 e. The van der Waals surface area contributed by atoms with E-state index < -0.39 is 5.41 Å². The molecule has 0 aliphatic carbocycles. The first-order valence-electron chi connectivity index (χ1n) is 5.60. The van der Waals surface area contributed by atoms with Crippen LogP contribution < -0.4 is 11.1 Å². The first-order valence-corrected chi connectivity index (χ1v) is 6.01. The van der Waals surface area contributed by atoms with E-state index in [2.05, 4.69) is 5.32 Å². The minimum Gasteiger partial charge on any atom is -0.392 e. The normalized spacial score (nSPS) is 10.8. The predicted molar refractivity (Wildman–Crippen MR) is 71.5 cm³/mol. The van der Waals surface area contributed by atoms with Crippen molar-refractivity contribution in [2.75, 3.05) is 20.6 Å². The van der Waals surface area contributed by atoms with Gasteiger partial charge in [0, 0.05) is 14.1 Å². The quantitative estimate of drug-likeness (QED) is 0.672. The Balaban J connectivity index is 4.67. The fourth-order valence-corrected chi connectivity index (χ4v) is 1.90. The van der Waals surface area contributed by atoms with Crippen molar-refractivity contribution in [2.45, 2.75) is 26.7 Å². The molecule has 0 aromatic heterocycles. The van der Waals surface area contributed by atoms with Crippen LogP contribution in [0.15, 0.2) is 0 Å². The molecule has 2 amide bonds. The molecule has 0 radical (unpaired) electrons. The van der Waals surface area contributed by atoms with Gasteiger partial charge in [-0.15, -0.1) is 0 Å². The number of likely N-dealkylation sites (N-methyl/N-ethyl adjacent to an activating group) is 1. The van der Waals surface area contributed by atoms with Crippen LogP contribution in [0.2, 0.25) is 0 Å². The zero-order chi connectivity index (χ0) is 13.6. The number of rotatable bonds is 6. The third kappa shape index (κ3) is 3.66. The van der Waals surface area contributed by atoms with Crippen molar-refractivity contribution in [3.05, 3.63) is 0 Å². The van der Waals surface area contributed by atoms with Crippen LogP contribution in [-0.4, -0.2) is 42.3 Å². The standard InChI is InChI=1S/C11H21N3O2S/c1-5-11(6-2,9(12)17)10(16)13-7-8(15)14(3)4/h5-7H2,1-4H3,(H2,12,17)(H,13,16). The summed E-state index contributed by atoms with van der Waals surface area (Å²) in [7, 11) is 3.27. The summed E-state index contributed by atoms with van der Waals surface area (Å²) in [6, 6.07) is 0. The Labute approximate surface area is 108 Å². The van der Waals surface area contributed by atoms with Gasteiger partial charge in [-0.05, 0) is 12.8 Å². The second kappa shape index (κ2) is 6.54. The Kier molecular flexibility index (Phi) is 6.09. The first kappa shape index (κ1) is 15.8. The SMILES string of the molecule is CCC(CC)(C(=O)NCC(=O)N(C)C)C(N)=S. The van der Waals surface area contributed by atoms with Gasteiger partial charge in [-0.3, -0.25) is 9.59 Å². The Hall–Kier alpha value is -1.17. The molecule has 17 heavy (non-hydrogen) atoms. The molecule has 98 valence electrons. The maximum absolute atomic E-state index is 12.0. The van der Waals surface area contributed by atoms with Crippen molar-refractivity contribution in [1.82, 2.24) is 10.2 Å². The van der Waals surface area contributed by atoms with Crippen molar-refractivity contribution >= 4 is 29.0 Å². The summed E-state index contributed by atoms with van der Waals surface area (Å²) in [6.45, 7) is 3.68. The number of carbonyl (C=O) groups is 2. The number of hydrogen-bond acceptors (Lipinski definition) is 3. The molecule has 0 unspecified atom stereocenters. The summed E-state index contributed by atoms with van der Waals surface area (Å²) in [6.07, 6.45) is 1.06. The summed E-state index contributed by atoms with van der Waals surface area (Å²) in [5, 5.41) is 2.59.